The van der Waals surface area contributed by atoms with E-state index in [1.807, 2.05) is 0 Å². The molecule has 3 heteroatoms. The summed E-state index contributed by atoms with van der Waals surface area (Å²) in [5.74, 6) is 1.23. The van der Waals surface area contributed by atoms with Crippen LogP contribution in [0.25, 0.3) is 4.85 Å². The zero-order valence-corrected chi connectivity index (χ0v) is 5.87. The fourth-order valence-electron chi connectivity index (χ4n) is 1.11. The van der Waals surface area contributed by atoms with Crippen molar-refractivity contribution in [3.63, 3.8) is 0 Å². The highest BCUT2D eigenvalue weighted by Gasteiger charge is 2.13. The first-order chi connectivity index (χ1) is 5.40. The molecule has 0 unspecified atom stereocenters. The second-order valence-electron chi connectivity index (χ2n) is 2.36. The molecule has 0 saturated carbocycles. The maximum absolute atomic E-state index is 6.71. The van der Waals surface area contributed by atoms with E-state index in [4.69, 9.17) is 11.3 Å². The van der Waals surface area contributed by atoms with Gasteiger partial charge in [-0.2, -0.15) is 0 Å². The normalized spacial score (nSPS) is 13.4. The molecule has 0 amide bonds. The highest BCUT2D eigenvalue weighted by Crippen LogP contribution is 2.27. The zero-order chi connectivity index (χ0) is 7.68. The van der Waals surface area contributed by atoms with E-state index in [1.165, 1.54) is 0 Å². The van der Waals surface area contributed by atoms with Crippen molar-refractivity contribution in [3.8, 4) is 5.75 Å². The van der Waals surface area contributed by atoms with Crippen molar-refractivity contribution in [2.75, 3.05) is 6.61 Å². The van der Waals surface area contributed by atoms with Gasteiger partial charge >= 0.3 is 0 Å². The predicted octanol–water partition coefficient (Wildman–Crippen LogP) is 1.57. The predicted molar refractivity (Wildman–Crippen MR) is 39.7 cm³/mol. The summed E-state index contributed by atoms with van der Waals surface area (Å²) in [6, 6.07) is 1.69. The third kappa shape index (κ3) is 0.926. The van der Waals surface area contributed by atoms with E-state index in [2.05, 4.69) is 9.83 Å². The first-order valence-electron chi connectivity index (χ1n) is 3.39. The topological polar surface area (TPSA) is 26.5 Å². The Bertz CT molecular complexity index is 327. The number of hydrogen-bond acceptors (Lipinski definition) is 2. The summed E-state index contributed by atoms with van der Waals surface area (Å²) in [5.41, 5.74) is 1.11. The number of ether oxygens (including phenoxy) is 1. The molecule has 1 aliphatic rings. The third-order valence-electron chi connectivity index (χ3n) is 1.67. The monoisotopic (exact) mass is 146 g/mol. The van der Waals surface area contributed by atoms with E-state index in [9.17, 15) is 0 Å². The van der Waals surface area contributed by atoms with Crippen LogP contribution in [0, 0.1) is 6.57 Å². The van der Waals surface area contributed by atoms with Gasteiger partial charge in [0.1, 0.15) is 11.9 Å². The average molecular weight is 146 g/mol. The van der Waals surface area contributed by atoms with Crippen LogP contribution in [0.4, 0.5) is 5.82 Å². The van der Waals surface area contributed by atoms with Crippen LogP contribution in [0.3, 0.4) is 0 Å². The van der Waals surface area contributed by atoms with Gasteiger partial charge in [-0.25, -0.2) is 0 Å². The van der Waals surface area contributed by atoms with Crippen LogP contribution < -0.4 is 4.74 Å². The van der Waals surface area contributed by atoms with Gasteiger partial charge in [0.2, 0.25) is 0 Å². The summed E-state index contributed by atoms with van der Waals surface area (Å²) in [7, 11) is 0. The van der Waals surface area contributed by atoms with E-state index in [0.717, 1.165) is 24.3 Å². The summed E-state index contributed by atoms with van der Waals surface area (Å²) >= 11 is 0. The molecular formula is C8H6N2O. The van der Waals surface area contributed by atoms with Gasteiger partial charge in [-0.15, -0.1) is 4.98 Å². The highest BCUT2D eigenvalue weighted by molar-refractivity contribution is 5.47. The van der Waals surface area contributed by atoms with Crippen molar-refractivity contribution in [1.29, 1.82) is 0 Å². The Morgan fingerprint density at radius 2 is 2.55 bits per heavy atom. The second kappa shape index (κ2) is 2.24. The summed E-state index contributed by atoms with van der Waals surface area (Å²) in [6.07, 6.45) is 2.64. The molecular weight excluding hydrogens is 140 g/mol. The molecule has 0 bridgehead atoms. The van der Waals surface area contributed by atoms with Gasteiger partial charge in [-0.3, -0.25) is 0 Å². The van der Waals surface area contributed by atoms with Crippen molar-refractivity contribution in [2.24, 2.45) is 0 Å². The first-order valence-corrected chi connectivity index (χ1v) is 3.39. The van der Waals surface area contributed by atoms with Gasteiger partial charge in [-0.1, -0.05) is 6.57 Å². The van der Waals surface area contributed by atoms with E-state index >= 15 is 0 Å². The molecule has 3 nitrogen and oxygen atoms in total. The highest BCUT2D eigenvalue weighted by atomic mass is 16.5. The Hall–Kier alpha value is -1.56. The molecule has 1 aliphatic heterocycles. The van der Waals surface area contributed by atoms with Gasteiger partial charge in [0.15, 0.2) is 0 Å². The van der Waals surface area contributed by atoms with E-state index in [1.54, 1.807) is 12.3 Å². The number of aromatic nitrogens is 1. The van der Waals surface area contributed by atoms with E-state index in [-0.39, 0.29) is 0 Å². The lowest BCUT2D eigenvalue weighted by atomic mass is 10.2. The molecule has 11 heavy (non-hydrogen) atoms. The van der Waals surface area contributed by atoms with E-state index in [0.29, 0.717) is 5.82 Å². The lowest BCUT2D eigenvalue weighted by Gasteiger charge is -1.95. The summed E-state index contributed by atoms with van der Waals surface area (Å²) in [4.78, 5) is 7.14. The molecule has 0 fully saturated rings. The molecule has 1 aromatic rings. The number of nitrogens with zero attached hydrogens (tertiary/aromatic N) is 2. The van der Waals surface area contributed by atoms with Crippen molar-refractivity contribution in [3.05, 3.63) is 29.2 Å². The maximum Gasteiger partial charge on any atom is 0.273 e. The average Bonchev–Trinajstić information content (AvgIpc) is 2.50. The summed E-state index contributed by atoms with van der Waals surface area (Å²) in [5, 5.41) is 0. The smallest absolute Gasteiger partial charge is 0.273 e. The Morgan fingerprint density at radius 1 is 1.64 bits per heavy atom. The Morgan fingerprint density at radius 3 is 3.36 bits per heavy atom. The molecule has 0 spiro atoms. The minimum Gasteiger partial charge on any atom is -0.494 e. The van der Waals surface area contributed by atoms with E-state index < -0.39 is 0 Å². The van der Waals surface area contributed by atoms with Gasteiger partial charge in [0, 0.05) is 18.1 Å². The molecule has 0 aromatic carbocycles. The third-order valence-corrected chi connectivity index (χ3v) is 1.67. The van der Waals surface area contributed by atoms with Crippen LogP contribution >= 0.6 is 0 Å². The maximum atomic E-state index is 6.71. The van der Waals surface area contributed by atoms with Crippen molar-refractivity contribution in [2.45, 2.75) is 6.42 Å². The molecule has 0 N–H and O–H groups in total. The molecule has 0 radical (unpaired) electrons. The fraction of sp³-hybridized carbons (Fsp3) is 0.250. The van der Waals surface area contributed by atoms with Crippen LogP contribution in [0.2, 0.25) is 0 Å². The van der Waals surface area contributed by atoms with Crippen LogP contribution in [0.1, 0.15) is 5.56 Å². The Balaban J connectivity index is 2.51. The number of fused-ring (bicyclic) bond motifs is 1. The SMILES string of the molecule is [C-]#[N+]c1cc2c(cn1)CCO2. The molecule has 0 aliphatic carbocycles. The van der Waals surface area contributed by atoms with Crippen molar-refractivity contribution >= 4 is 5.82 Å². The Kier molecular flexibility index (Phi) is 1.26. The summed E-state index contributed by atoms with van der Waals surface area (Å²) < 4.78 is 5.26. The standard InChI is InChI=1S/C8H6N2O/c1-9-8-4-7-6(5-10-8)2-3-11-7/h4-5H,2-3H2. The van der Waals surface area contributed by atoms with Gasteiger partial charge < -0.3 is 9.58 Å². The van der Waals surface area contributed by atoms with Crippen LogP contribution in [-0.2, 0) is 6.42 Å². The largest absolute Gasteiger partial charge is 0.494 e. The number of hydrogen-bond donors (Lipinski definition) is 0. The lowest BCUT2D eigenvalue weighted by molar-refractivity contribution is 0.357. The molecule has 1 aromatic heterocycles. The summed E-state index contributed by atoms with van der Waals surface area (Å²) in [6.45, 7) is 7.43. The molecule has 0 atom stereocenters. The number of rotatable bonds is 0. The van der Waals surface area contributed by atoms with Gasteiger partial charge in [-0.05, 0) is 0 Å². The minimum atomic E-state index is 0.408. The first kappa shape index (κ1) is 6.17. The van der Waals surface area contributed by atoms with Crippen LogP contribution in [-0.4, -0.2) is 11.6 Å². The van der Waals surface area contributed by atoms with Crippen LogP contribution in [0.5, 0.6) is 5.75 Å². The minimum absolute atomic E-state index is 0.408. The van der Waals surface area contributed by atoms with Crippen molar-refractivity contribution < 1.29 is 4.74 Å². The lowest BCUT2D eigenvalue weighted by Crippen LogP contribution is -1.85. The molecule has 0 saturated heterocycles. The Labute approximate surface area is 64.5 Å². The van der Waals surface area contributed by atoms with Gasteiger partial charge in [0.05, 0.1) is 6.61 Å². The quantitative estimate of drug-likeness (QED) is 0.519. The fourth-order valence-corrected chi connectivity index (χ4v) is 1.11. The molecule has 2 rings (SSSR count). The molecule has 54 valence electrons. The van der Waals surface area contributed by atoms with Gasteiger partial charge in [0.25, 0.3) is 5.82 Å². The zero-order valence-electron chi connectivity index (χ0n) is 5.87. The number of pyridine rings is 1. The van der Waals surface area contributed by atoms with Crippen molar-refractivity contribution in [1.82, 2.24) is 4.98 Å². The van der Waals surface area contributed by atoms with Crippen LogP contribution in [0.15, 0.2) is 12.3 Å². The molecule has 2 heterocycles. The second-order valence-corrected chi connectivity index (χ2v) is 2.36.